The van der Waals surface area contributed by atoms with Gasteiger partial charge in [-0.25, -0.2) is 0 Å². The van der Waals surface area contributed by atoms with E-state index in [0.29, 0.717) is 5.69 Å². The standard InChI is InChI=1S/C12H17BrN2O3/c1-3-6-15-8-9(13)7-10(15)12(17)14-5-4-11(16)18-2/h7-8H,3-6H2,1-2H3,(H,14,17). The first-order valence-corrected chi connectivity index (χ1v) is 6.58. The number of nitrogens with one attached hydrogen (secondary N) is 1. The maximum Gasteiger partial charge on any atom is 0.307 e. The van der Waals surface area contributed by atoms with Crippen LogP contribution in [0.25, 0.3) is 0 Å². The van der Waals surface area contributed by atoms with Crippen molar-refractivity contribution in [2.45, 2.75) is 26.3 Å². The van der Waals surface area contributed by atoms with Crippen molar-refractivity contribution < 1.29 is 14.3 Å². The first kappa shape index (κ1) is 14.8. The summed E-state index contributed by atoms with van der Waals surface area (Å²) >= 11 is 3.35. The number of aromatic nitrogens is 1. The van der Waals surface area contributed by atoms with Gasteiger partial charge in [0, 0.05) is 23.8 Å². The van der Waals surface area contributed by atoms with Crippen LogP contribution in [0.1, 0.15) is 30.3 Å². The lowest BCUT2D eigenvalue weighted by molar-refractivity contribution is -0.140. The lowest BCUT2D eigenvalue weighted by Gasteiger charge is -2.08. The molecule has 0 aliphatic rings. The van der Waals surface area contributed by atoms with E-state index in [0.717, 1.165) is 17.4 Å². The van der Waals surface area contributed by atoms with Crippen molar-refractivity contribution in [3.8, 4) is 0 Å². The molecule has 0 aliphatic heterocycles. The maximum absolute atomic E-state index is 11.9. The molecule has 1 aromatic heterocycles. The molecule has 0 aromatic carbocycles. The Hall–Kier alpha value is -1.30. The van der Waals surface area contributed by atoms with Crippen LogP contribution in [0, 0.1) is 0 Å². The summed E-state index contributed by atoms with van der Waals surface area (Å²) in [7, 11) is 1.33. The fraction of sp³-hybridized carbons (Fsp3) is 0.500. The molecule has 0 saturated carbocycles. The number of methoxy groups -OCH3 is 1. The number of rotatable bonds is 6. The lowest BCUT2D eigenvalue weighted by atomic mass is 10.3. The number of hydrogen-bond donors (Lipinski definition) is 1. The Morgan fingerprint density at radius 3 is 2.83 bits per heavy atom. The molecular weight excluding hydrogens is 300 g/mol. The minimum absolute atomic E-state index is 0.178. The fourth-order valence-electron chi connectivity index (χ4n) is 1.56. The van der Waals surface area contributed by atoms with Gasteiger partial charge in [-0.1, -0.05) is 6.92 Å². The van der Waals surface area contributed by atoms with Crippen LogP contribution in [0.5, 0.6) is 0 Å². The largest absolute Gasteiger partial charge is 0.469 e. The smallest absolute Gasteiger partial charge is 0.307 e. The molecule has 0 bridgehead atoms. The predicted molar refractivity (Wildman–Crippen MR) is 71.4 cm³/mol. The third kappa shape index (κ3) is 4.18. The van der Waals surface area contributed by atoms with Gasteiger partial charge in [0.1, 0.15) is 5.69 Å². The molecule has 0 radical (unpaired) electrons. The molecule has 6 heteroatoms. The summed E-state index contributed by atoms with van der Waals surface area (Å²) in [6.45, 7) is 3.11. The van der Waals surface area contributed by atoms with Crippen LogP contribution >= 0.6 is 15.9 Å². The van der Waals surface area contributed by atoms with Gasteiger partial charge in [-0.2, -0.15) is 0 Å². The maximum atomic E-state index is 11.9. The van der Waals surface area contributed by atoms with Gasteiger partial charge in [-0.3, -0.25) is 9.59 Å². The van der Waals surface area contributed by atoms with Crippen molar-refractivity contribution in [2.75, 3.05) is 13.7 Å². The zero-order chi connectivity index (χ0) is 13.5. The molecule has 1 aromatic rings. The topological polar surface area (TPSA) is 60.3 Å². The Morgan fingerprint density at radius 2 is 2.22 bits per heavy atom. The summed E-state index contributed by atoms with van der Waals surface area (Å²) in [6.07, 6.45) is 3.00. The van der Waals surface area contributed by atoms with Gasteiger partial charge in [-0.15, -0.1) is 0 Å². The van der Waals surface area contributed by atoms with Crippen LogP contribution in [-0.4, -0.2) is 30.1 Å². The van der Waals surface area contributed by atoms with Gasteiger partial charge < -0.3 is 14.6 Å². The second-order valence-corrected chi connectivity index (χ2v) is 4.73. The van der Waals surface area contributed by atoms with Gasteiger partial charge in [0.25, 0.3) is 5.91 Å². The second kappa shape index (κ2) is 7.20. The highest BCUT2D eigenvalue weighted by Gasteiger charge is 2.12. The number of aryl methyl sites for hydroxylation is 1. The molecule has 0 atom stereocenters. The van der Waals surface area contributed by atoms with E-state index in [-0.39, 0.29) is 24.8 Å². The molecule has 0 saturated heterocycles. The average Bonchev–Trinajstić information content (AvgIpc) is 2.70. The normalized spacial score (nSPS) is 10.2. The van der Waals surface area contributed by atoms with Crippen LogP contribution in [0.4, 0.5) is 0 Å². The van der Waals surface area contributed by atoms with E-state index in [4.69, 9.17) is 0 Å². The Bertz CT molecular complexity index is 429. The van der Waals surface area contributed by atoms with E-state index in [1.807, 2.05) is 17.7 Å². The quantitative estimate of drug-likeness (QED) is 0.816. The molecule has 1 rings (SSSR count). The Balaban J connectivity index is 2.58. The first-order chi connectivity index (χ1) is 8.58. The highest BCUT2D eigenvalue weighted by atomic mass is 79.9. The van der Waals surface area contributed by atoms with Crippen molar-refractivity contribution in [1.29, 1.82) is 0 Å². The van der Waals surface area contributed by atoms with Crippen LogP contribution < -0.4 is 5.32 Å². The van der Waals surface area contributed by atoms with E-state index in [1.165, 1.54) is 7.11 Å². The number of esters is 1. The summed E-state index contributed by atoms with van der Waals surface area (Å²) < 4.78 is 7.26. The van der Waals surface area contributed by atoms with Crippen LogP contribution in [0.3, 0.4) is 0 Å². The zero-order valence-corrected chi connectivity index (χ0v) is 12.1. The highest BCUT2D eigenvalue weighted by Crippen LogP contribution is 2.15. The first-order valence-electron chi connectivity index (χ1n) is 5.79. The molecule has 100 valence electrons. The molecule has 1 N–H and O–H groups in total. The third-order valence-electron chi connectivity index (χ3n) is 2.40. The summed E-state index contributed by atoms with van der Waals surface area (Å²) in [5.74, 6) is -0.515. The molecule has 0 aliphatic carbocycles. The third-order valence-corrected chi connectivity index (χ3v) is 2.84. The molecular formula is C12H17BrN2O3. The molecule has 1 amide bonds. The monoisotopic (exact) mass is 316 g/mol. The molecule has 0 spiro atoms. The van der Waals surface area contributed by atoms with E-state index >= 15 is 0 Å². The molecule has 0 unspecified atom stereocenters. The number of ether oxygens (including phenoxy) is 1. The molecule has 1 heterocycles. The predicted octanol–water partition coefficient (Wildman–Crippen LogP) is 1.95. The molecule has 18 heavy (non-hydrogen) atoms. The van der Waals surface area contributed by atoms with Crippen molar-refractivity contribution in [2.24, 2.45) is 0 Å². The van der Waals surface area contributed by atoms with Crippen molar-refractivity contribution >= 4 is 27.8 Å². The van der Waals surface area contributed by atoms with E-state index in [9.17, 15) is 9.59 Å². The lowest BCUT2D eigenvalue weighted by Crippen LogP contribution is -2.28. The zero-order valence-electron chi connectivity index (χ0n) is 10.5. The fourth-order valence-corrected chi connectivity index (χ4v) is 2.03. The number of hydrogen-bond acceptors (Lipinski definition) is 3. The number of carbonyl (C=O) groups is 2. The van der Waals surface area contributed by atoms with E-state index in [1.54, 1.807) is 6.07 Å². The minimum atomic E-state index is -0.333. The Labute approximate surface area is 115 Å². The van der Waals surface area contributed by atoms with Crippen molar-refractivity contribution in [1.82, 2.24) is 9.88 Å². The van der Waals surface area contributed by atoms with Crippen molar-refractivity contribution in [3.63, 3.8) is 0 Å². The summed E-state index contributed by atoms with van der Waals surface area (Å²) in [5, 5.41) is 2.69. The van der Waals surface area contributed by atoms with Crippen LogP contribution in [0.15, 0.2) is 16.7 Å². The number of nitrogens with zero attached hydrogens (tertiary/aromatic N) is 1. The van der Waals surface area contributed by atoms with Crippen LogP contribution in [-0.2, 0) is 16.1 Å². The number of amides is 1. The molecule has 5 nitrogen and oxygen atoms in total. The summed E-state index contributed by atoms with van der Waals surface area (Å²) in [6, 6.07) is 1.77. The van der Waals surface area contributed by atoms with Gasteiger partial charge in [-0.05, 0) is 28.4 Å². The van der Waals surface area contributed by atoms with E-state index < -0.39 is 0 Å². The van der Waals surface area contributed by atoms with Crippen LogP contribution in [0.2, 0.25) is 0 Å². The average molecular weight is 317 g/mol. The summed E-state index contributed by atoms with van der Waals surface area (Å²) in [5.41, 5.74) is 0.591. The van der Waals surface area contributed by atoms with Gasteiger partial charge in [0.2, 0.25) is 0 Å². The Kier molecular flexibility index (Phi) is 5.91. The van der Waals surface area contributed by atoms with Gasteiger partial charge in [0.05, 0.1) is 13.5 Å². The molecule has 0 fully saturated rings. The van der Waals surface area contributed by atoms with Crippen molar-refractivity contribution in [3.05, 3.63) is 22.4 Å². The number of carbonyl (C=O) groups excluding carboxylic acids is 2. The Morgan fingerprint density at radius 1 is 1.50 bits per heavy atom. The highest BCUT2D eigenvalue weighted by molar-refractivity contribution is 9.10. The van der Waals surface area contributed by atoms with Gasteiger partial charge >= 0.3 is 5.97 Å². The minimum Gasteiger partial charge on any atom is -0.469 e. The second-order valence-electron chi connectivity index (χ2n) is 3.82. The number of halogens is 1. The van der Waals surface area contributed by atoms with E-state index in [2.05, 4.69) is 26.0 Å². The van der Waals surface area contributed by atoms with Gasteiger partial charge in [0.15, 0.2) is 0 Å². The summed E-state index contributed by atoms with van der Waals surface area (Å²) in [4.78, 5) is 22.8. The SMILES string of the molecule is CCCn1cc(Br)cc1C(=O)NCCC(=O)OC.